The summed E-state index contributed by atoms with van der Waals surface area (Å²) in [5.74, 6) is 0.352. The van der Waals surface area contributed by atoms with Crippen LogP contribution in [0.1, 0.15) is 47.5 Å². The zero-order valence-corrected chi connectivity index (χ0v) is 20.0. The molecule has 0 saturated carbocycles. The minimum absolute atomic E-state index is 0. The van der Waals surface area contributed by atoms with Crippen molar-refractivity contribution >= 4 is 42.1 Å². The van der Waals surface area contributed by atoms with Crippen molar-refractivity contribution in [2.75, 3.05) is 39.3 Å². The fraction of sp³-hybridized carbons (Fsp3) is 0.833. The van der Waals surface area contributed by atoms with Gasteiger partial charge in [-0.25, -0.2) is 9.59 Å². The van der Waals surface area contributed by atoms with E-state index in [1.807, 2.05) is 27.7 Å². The van der Waals surface area contributed by atoms with Gasteiger partial charge in [0.25, 0.3) is 0 Å². The predicted octanol–water partition coefficient (Wildman–Crippen LogP) is 2.39. The average molecular weight is 513 g/mol. The number of likely N-dealkylation sites (N-methyl/N-ethyl adjacent to an activating group) is 1. The Kier molecular flexibility index (Phi) is 12.2. The van der Waals surface area contributed by atoms with Gasteiger partial charge in [0.15, 0.2) is 5.96 Å². The molecule has 0 atom stereocenters. The molecule has 0 aromatic carbocycles. The molecular weight excluding hydrogens is 477 g/mol. The standard InChI is InChI=1S/C18H35N5O4.HI/c1-6-22(17(25)27-18(3,4)5)13-10-20-15(19)21-14-8-11-23(12-9-14)16(24)26-7-2;/h14H,6-13H2,1-5H3,(H3,19,20,21);1H. The van der Waals surface area contributed by atoms with Crippen LogP contribution < -0.4 is 11.1 Å². The lowest BCUT2D eigenvalue weighted by molar-refractivity contribution is 0.0266. The molecule has 164 valence electrons. The lowest BCUT2D eigenvalue weighted by atomic mass is 10.1. The summed E-state index contributed by atoms with van der Waals surface area (Å²) in [6.07, 6.45) is 0.958. The summed E-state index contributed by atoms with van der Waals surface area (Å²) < 4.78 is 10.4. The average Bonchev–Trinajstić information content (AvgIpc) is 2.58. The Morgan fingerprint density at radius 1 is 1.25 bits per heavy atom. The highest BCUT2D eigenvalue weighted by Gasteiger charge is 2.24. The van der Waals surface area contributed by atoms with Crippen molar-refractivity contribution in [1.29, 1.82) is 0 Å². The monoisotopic (exact) mass is 513 g/mol. The van der Waals surface area contributed by atoms with Crippen molar-refractivity contribution in [2.24, 2.45) is 10.7 Å². The molecule has 1 saturated heterocycles. The quantitative estimate of drug-likeness (QED) is 0.321. The van der Waals surface area contributed by atoms with Gasteiger partial charge in [0.05, 0.1) is 13.2 Å². The van der Waals surface area contributed by atoms with Crippen LogP contribution in [0.4, 0.5) is 9.59 Å². The van der Waals surface area contributed by atoms with Gasteiger partial charge in [-0.2, -0.15) is 0 Å². The van der Waals surface area contributed by atoms with Crippen molar-refractivity contribution in [3.63, 3.8) is 0 Å². The smallest absolute Gasteiger partial charge is 0.410 e. The van der Waals surface area contributed by atoms with E-state index in [0.29, 0.717) is 45.3 Å². The lowest BCUT2D eigenvalue weighted by Gasteiger charge is -2.31. The van der Waals surface area contributed by atoms with Gasteiger partial charge in [-0.3, -0.25) is 4.99 Å². The Hall–Kier alpha value is -1.46. The summed E-state index contributed by atoms with van der Waals surface area (Å²) in [5, 5.41) is 3.18. The Morgan fingerprint density at radius 2 is 1.86 bits per heavy atom. The first kappa shape index (κ1) is 26.5. The molecule has 0 spiro atoms. The van der Waals surface area contributed by atoms with Crippen LogP contribution in [-0.4, -0.2) is 78.9 Å². The molecule has 9 nitrogen and oxygen atoms in total. The van der Waals surface area contributed by atoms with Crippen LogP contribution in [0.3, 0.4) is 0 Å². The Balaban J connectivity index is 0.00000729. The number of amides is 2. The van der Waals surface area contributed by atoms with Crippen molar-refractivity contribution in [3.8, 4) is 0 Å². The highest BCUT2D eigenvalue weighted by atomic mass is 127. The van der Waals surface area contributed by atoms with Gasteiger partial charge in [0.2, 0.25) is 0 Å². The maximum Gasteiger partial charge on any atom is 0.410 e. The summed E-state index contributed by atoms with van der Waals surface area (Å²) in [7, 11) is 0. The number of nitrogens with one attached hydrogen (secondary N) is 1. The number of carbonyl (C=O) groups excluding carboxylic acids is 2. The van der Waals surface area contributed by atoms with Crippen LogP contribution in [0.5, 0.6) is 0 Å². The number of carbonyl (C=O) groups is 2. The number of guanidine groups is 1. The second-order valence-corrected chi connectivity index (χ2v) is 7.43. The van der Waals surface area contributed by atoms with E-state index in [2.05, 4.69) is 10.3 Å². The van der Waals surface area contributed by atoms with Gasteiger partial charge in [-0.15, -0.1) is 24.0 Å². The number of nitrogens with zero attached hydrogens (tertiary/aromatic N) is 3. The van der Waals surface area contributed by atoms with E-state index in [1.165, 1.54) is 0 Å². The topological polar surface area (TPSA) is 109 Å². The predicted molar refractivity (Wildman–Crippen MR) is 120 cm³/mol. The fourth-order valence-corrected chi connectivity index (χ4v) is 2.67. The zero-order chi connectivity index (χ0) is 20.4. The second kappa shape index (κ2) is 12.9. The highest BCUT2D eigenvalue weighted by Crippen LogP contribution is 2.11. The van der Waals surface area contributed by atoms with Crippen molar-refractivity contribution in [2.45, 2.75) is 59.1 Å². The fourth-order valence-electron chi connectivity index (χ4n) is 2.67. The molecule has 1 aliphatic rings. The van der Waals surface area contributed by atoms with Gasteiger partial charge in [0.1, 0.15) is 5.60 Å². The number of ether oxygens (including phenoxy) is 2. The van der Waals surface area contributed by atoms with E-state index >= 15 is 0 Å². The molecule has 1 rings (SSSR count). The van der Waals surface area contributed by atoms with E-state index in [1.54, 1.807) is 16.7 Å². The largest absolute Gasteiger partial charge is 0.450 e. The highest BCUT2D eigenvalue weighted by molar-refractivity contribution is 14.0. The number of piperidine rings is 1. The Labute approximate surface area is 185 Å². The number of aliphatic imine (C=N–C) groups is 1. The maximum absolute atomic E-state index is 12.1. The van der Waals surface area contributed by atoms with Crippen LogP contribution in [0.2, 0.25) is 0 Å². The second-order valence-electron chi connectivity index (χ2n) is 7.43. The van der Waals surface area contributed by atoms with E-state index in [-0.39, 0.29) is 42.2 Å². The van der Waals surface area contributed by atoms with Crippen molar-refractivity contribution < 1.29 is 19.1 Å². The molecule has 0 aromatic rings. The molecule has 1 aliphatic heterocycles. The van der Waals surface area contributed by atoms with Crippen LogP contribution in [0.15, 0.2) is 4.99 Å². The Bertz CT molecular complexity index is 517. The molecule has 3 N–H and O–H groups in total. The number of hydrogen-bond donors (Lipinski definition) is 2. The SMILES string of the molecule is CCOC(=O)N1CCC(NC(N)=NCCN(CC)C(=O)OC(C)(C)C)CC1.I. The van der Waals surface area contributed by atoms with Gasteiger partial charge in [-0.1, -0.05) is 0 Å². The molecule has 0 radical (unpaired) electrons. The van der Waals surface area contributed by atoms with Crippen molar-refractivity contribution in [1.82, 2.24) is 15.1 Å². The molecular formula is C18H36IN5O4. The number of likely N-dealkylation sites (tertiary alicyclic amines) is 1. The molecule has 0 aromatic heterocycles. The first-order chi connectivity index (χ1) is 12.7. The summed E-state index contributed by atoms with van der Waals surface area (Å²) in [5.41, 5.74) is 5.43. The number of hydrogen-bond acceptors (Lipinski definition) is 5. The Morgan fingerprint density at radius 3 is 2.36 bits per heavy atom. The van der Waals surface area contributed by atoms with E-state index in [4.69, 9.17) is 15.2 Å². The third kappa shape index (κ3) is 10.2. The molecule has 2 amide bonds. The maximum atomic E-state index is 12.1. The van der Waals surface area contributed by atoms with Crippen LogP contribution in [-0.2, 0) is 9.47 Å². The van der Waals surface area contributed by atoms with Crippen LogP contribution in [0.25, 0.3) is 0 Å². The normalized spacial score (nSPS) is 15.5. The van der Waals surface area contributed by atoms with Gasteiger partial charge in [0, 0.05) is 32.2 Å². The number of rotatable bonds is 6. The molecule has 0 unspecified atom stereocenters. The van der Waals surface area contributed by atoms with E-state index in [0.717, 1.165) is 12.8 Å². The van der Waals surface area contributed by atoms with Crippen LogP contribution >= 0.6 is 24.0 Å². The third-order valence-corrected chi connectivity index (χ3v) is 4.06. The lowest BCUT2D eigenvalue weighted by Crippen LogP contribution is -2.48. The first-order valence-corrected chi connectivity index (χ1v) is 9.62. The first-order valence-electron chi connectivity index (χ1n) is 9.62. The van der Waals surface area contributed by atoms with Crippen LogP contribution in [0, 0.1) is 0 Å². The van der Waals surface area contributed by atoms with Crippen molar-refractivity contribution in [3.05, 3.63) is 0 Å². The minimum atomic E-state index is -0.521. The summed E-state index contributed by atoms with van der Waals surface area (Å²) in [6, 6.07) is 0.174. The number of nitrogens with two attached hydrogens (primary N) is 1. The summed E-state index contributed by atoms with van der Waals surface area (Å²) in [4.78, 5) is 31.4. The zero-order valence-electron chi connectivity index (χ0n) is 17.7. The molecule has 1 fully saturated rings. The third-order valence-electron chi connectivity index (χ3n) is 4.06. The van der Waals surface area contributed by atoms with Gasteiger partial charge < -0.3 is 30.3 Å². The molecule has 1 heterocycles. The van der Waals surface area contributed by atoms with Gasteiger partial charge >= 0.3 is 12.2 Å². The molecule has 0 bridgehead atoms. The summed E-state index contributed by atoms with van der Waals surface area (Å²) in [6.45, 7) is 12.2. The number of halogens is 1. The molecule has 0 aliphatic carbocycles. The minimum Gasteiger partial charge on any atom is -0.450 e. The van der Waals surface area contributed by atoms with E-state index < -0.39 is 5.60 Å². The van der Waals surface area contributed by atoms with Gasteiger partial charge in [-0.05, 0) is 47.5 Å². The van der Waals surface area contributed by atoms with E-state index in [9.17, 15) is 9.59 Å². The summed E-state index contributed by atoms with van der Waals surface area (Å²) >= 11 is 0. The molecule has 10 heteroatoms. The molecule has 28 heavy (non-hydrogen) atoms.